The first-order chi connectivity index (χ1) is 16.5. The fourth-order valence-corrected chi connectivity index (χ4v) is 3.52. The molecule has 8 heteroatoms. The highest BCUT2D eigenvalue weighted by Crippen LogP contribution is 2.32. The molecule has 0 atom stereocenters. The quantitative estimate of drug-likeness (QED) is 0.339. The van der Waals surface area contributed by atoms with Crippen LogP contribution in [0.2, 0.25) is 0 Å². The van der Waals surface area contributed by atoms with Crippen LogP contribution in [0.15, 0.2) is 71.1 Å². The smallest absolute Gasteiger partial charge is 0.293 e. The SMILES string of the molecule is COc1ccc(NC(=O)c2oc3ccccc3c2NCC(=O)c2ccc(OC)c(OC)c2)cc1. The number of ketones is 1. The van der Waals surface area contributed by atoms with Crippen LogP contribution in [0.3, 0.4) is 0 Å². The topological polar surface area (TPSA) is 99.0 Å². The lowest BCUT2D eigenvalue weighted by atomic mass is 10.1. The number of carbonyl (C=O) groups excluding carboxylic acids is 2. The minimum absolute atomic E-state index is 0.0537. The molecule has 4 rings (SSSR count). The van der Waals surface area contributed by atoms with E-state index in [0.717, 1.165) is 0 Å². The van der Waals surface area contributed by atoms with Gasteiger partial charge in [0.2, 0.25) is 5.76 Å². The van der Waals surface area contributed by atoms with Gasteiger partial charge in [0.15, 0.2) is 17.3 Å². The van der Waals surface area contributed by atoms with Crippen molar-refractivity contribution < 1.29 is 28.2 Å². The van der Waals surface area contributed by atoms with Gasteiger partial charge in [0.1, 0.15) is 11.3 Å². The number of para-hydroxylation sites is 1. The van der Waals surface area contributed by atoms with E-state index in [2.05, 4.69) is 10.6 Å². The Hall–Kier alpha value is -4.46. The Balaban J connectivity index is 1.57. The molecule has 0 spiro atoms. The monoisotopic (exact) mass is 460 g/mol. The number of methoxy groups -OCH3 is 3. The van der Waals surface area contributed by atoms with Crippen molar-refractivity contribution in [2.45, 2.75) is 0 Å². The Morgan fingerprint density at radius 3 is 2.29 bits per heavy atom. The highest BCUT2D eigenvalue weighted by Gasteiger charge is 2.22. The maximum Gasteiger partial charge on any atom is 0.293 e. The van der Waals surface area contributed by atoms with Crippen molar-refractivity contribution in [3.05, 3.63) is 78.1 Å². The molecule has 3 aromatic carbocycles. The molecule has 0 aliphatic heterocycles. The maximum absolute atomic E-state index is 13.0. The fourth-order valence-electron chi connectivity index (χ4n) is 3.52. The molecule has 2 N–H and O–H groups in total. The highest BCUT2D eigenvalue weighted by molar-refractivity contribution is 6.12. The molecule has 1 aromatic heterocycles. The van der Waals surface area contributed by atoms with Crippen molar-refractivity contribution in [3.8, 4) is 17.2 Å². The fraction of sp³-hybridized carbons (Fsp3) is 0.154. The van der Waals surface area contributed by atoms with Crippen molar-refractivity contribution >= 4 is 34.0 Å². The minimum Gasteiger partial charge on any atom is -0.497 e. The summed E-state index contributed by atoms with van der Waals surface area (Å²) in [7, 11) is 4.61. The molecule has 1 heterocycles. The van der Waals surface area contributed by atoms with E-state index in [1.807, 2.05) is 18.2 Å². The Kier molecular flexibility index (Phi) is 6.68. The third-order valence-electron chi connectivity index (χ3n) is 5.28. The lowest BCUT2D eigenvalue weighted by molar-refractivity contribution is 0.0990. The van der Waals surface area contributed by atoms with E-state index in [1.165, 1.54) is 14.2 Å². The molecule has 0 aliphatic rings. The summed E-state index contributed by atoms with van der Waals surface area (Å²) < 4.78 is 21.5. The van der Waals surface area contributed by atoms with Gasteiger partial charge in [-0.05, 0) is 54.6 Å². The van der Waals surface area contributed by atoms with Crippen LogP contribution < -0.4 is 24.8 Å². The predicted molar refractivity (Wildman–Crippen MR) is 130 cm³/mol. The van der Waals surface area contributed by atoms with E-state index in [-0.39, 0.29) is 18.1 Å². The van der Waals surface area contributed by atoms with Gasteiger partial charge in [-0.25, -0.2) is 0 Å². The number of hydrogen-bond donors (Lipinski definition) is 2. The van der Waals surface area contributed by atoms with Crippen LogP contribution in [-0.4, -0.2) is 39.6 Å². The summed E-state index contributed by atoms with van der Waals surface area (Å²) in [6.45, 7) is -0.0537. The molecule has 0 saturated heterocycles. The minimum atomic E-state index is -0.442. The third-order valence-corrected chi connectivity index (χ3v) is 5.28. The second-order valence-corrected chi connectivity index (χ2v) is 7.33. The second-order valence-electron chi connectivity index (χ2n) is 7.33. The first-order valence-electron chi connectivity index (χ1n) is 10.5. The van der Waals surface area contributed by atoms with Gasteiger partial charge in [-0.2, -0.15) is 0 Å². The van der Waals surface area contributed by atoms with Crippen LogP contribution in [0.25, 0.3) is 11.0 Å². The number of ether oxygens (including phenoxy) is 3. The summed E-state index contributed by atoms with van der Waals surface area (Å²) in [6, 6.07) is 19.1. The maximum atomic E-state index is 13.0. The predicted octanol–water partition coefficient (Wildman–Crippen LogP) is 5.01. The summed E-state index contributed by atoms with van der Waals surface area (Å²) in [5, 5.41) is 6.60. The summed E-state index contributed by atoms with van der Waals surface area (Å²) in [6.07, 6.45) is 0. The number of hydrogen-bond acceptors (Lipinski definition) is 7. The summed E-state index contributed by atoms with van der Waals surface area (Å²) in [4.78, 5) is 25.9. The van der Waals surface area contributed by atoms with Gasteiger partial charge in [-0.15, -0.1) is 0 Å². The van der Waals surface area contributed by atoms with Crippen LogP contribution in [0.5, 0.6) is 17.2 Å². The largest absolute Gasteiger partial charge is 0.497 e. The summed E-state index contributed by atoms with van der Waals surface area (Å²) in [5.41, 5.74) is 2.00. The zero-order valence-corrected chi connectivity index (χ0v) is 19.0. The number of rotatable bonds is 9. The van der Waals surface area contributed by atoms with Crippen LogP contribution in [0.4, 0.5) is 11.4 Å². The first kappa shape index (κ1) is 22.7. The van der Waals surface area contributed by atoms with Gasteiger partial charge in [0.05, 0.1) is 33.6 Å². The molecule has 0 fully saturated rings. The van der Waals surface area contributed by atoms with Crippen LogP contribution >= 0.6 is 0 Å². The molecule has 1 amide bonds. The van der Waals surface area contributed by atoms with Gasteiger partial charge in [0, 0.05) is 16.6 Å². The molecule has 4 aromatic rings. The second kappa shape index (κ2) is 9.99. The Morgan fingerprint density at radius 1 is 0.853 bits per heavy atom. The molecule has 0 radical (unpaired) electrons. The van der Waals surface area contributed by atoms with Crippen LogP contribution in [0, 0.1) is 0 Å². The van der Waals surface area contributed by atoms with Crippen molar-refractivity contribution in [2.75, 3.05) is 38.5 Å². The molecular formula is C26H24N2O6. The number of nitrogens with one attached hydrogen (secondary N) is 2. The number of benzene rings is 3. The number of anilines is 2. The lowest BCUT2D eigenvalue weighted by Gasteiger charge is -2.10. The summed E-state index contributed by atoms with van der Waals surface area (Å²) in [5.74, 6) is 1.12. The van der Waals surface area contributed by atoms with Crippen molar-refractivity contribution in [2.24, 2.45) is 0 Å². The molecular weight excluding hydrogens is 436 g/mol. The molecule has 0 aliphatic carbocycles. The van der Waals surface area contributed by atoms with Crippen LogP contribution in [-0.2, 0) is 0 Å². The standard InChI is InChI=1S/C26H24N2O6/c1-31-18-11-9-17(10-12-18)28-26(30)25-24(19-6-4-5-7-21(19)34-25)27-15-20(29)16-8-13-22(32-2)23(14-16)33-3/h4-14,27H,15H2,1-3H3,(H,28,30). The molecule has 8 nitrogen and oxygen atoms in total. The zero-order valence-electron chi connectivity index (χ0n) is 19.0. The average Bonchev–Trinajstić information content (AvgIpc) is 3.26. The molecule has 0 saturated carbocycles. The Labute approximate surface area is 196 Å². The number of fused-ring (bicyclic) bond motifs is 1. The van der Waals surface area contributed by atoms with Crippen molar-refractivity contribution in [1.82, 2.24) is 0 Å². The van der Waals surface area contributed by atoms with Gasteiger partial charge >= 0.3 is 0 Å². The Bertz CT molecular complexity index is 1330. The average molecular weight is 460 g/mol. The van der Waals surface area contributed by atoms with E-state index in [0.29, 0.717) is 45.2 Å². The Morgan fingerprint density at radius 2 is 1.59 bits per heavy atom. The van der Waals surface area contributed by atoms with Gasteiger partial charge in [0.25, 0.3) is 5.91 Å². The van der Waals surface area contributed by atoms with E-state index in [4.69, 9.17) is 18.6 Å². The molecule has 0 unspecified atom stereocenters. The van der Waals surface area contributed by atoms with Crippen LogP contribution in [0.1, 0.15) is 20.9 Å². The lowest BCUT2D eigenvalue weighted by Crippen LogP contribution is -2.17. The zero-order chi connectivity index (χ0) is 24.1. The van der Waals surface area contributed by atoms with E-state index in [9.17, 15) is 9.59 Å². The third kappa shape index (κ3) is 4.66. The number of carbonyl (C=O) groups is 2. The van der Waals surface area contributed by atoms with Crippen molar-refractivity contribution in [3.63, 3.8) is 0 Å². The van der Waals surface area contributed by atoms with Crippen molar-refractivity contribution in [1.29, 1.82) is 0 Å². The highest BCUT2D eigenvalue weighted by atomic mass is 16.5. The van der Waals surface area contributed by atoms with Gasteiger partial charge in [-0.1, -0.05) is 12.1 Å². The number of amides is 1. The molecule has 0 bridgehead atoms. The van der Waals surface area contributed by atoms with E-state index in [1.54, 1.807) is 55.6 Å². The van der Waals surface area contributed by atoms with E-state index < -0.39 is 5.91 Å². The number of Topliss-reactive ketones (excluding diaryl/α,β-unsaturated/α-hetero) is 1. The van der Waals surface area contributed by atoms with E-state index >= 15 is 0 Å². The summed E-state index contributed by atoms with van der Waals surface area (Å²) >= 11 is 0. The molecule has 174 valence electrons. The van der Waals surface area contributed by atoms with Gasteiger partial charge < -0.3 is 29.3 Å². The number of furan rings is 1. The van der Waals surface area contributed by atoms with Gasteiger partial charge in [-0.3, -0.25) is 9.59 Å². The first-order valence-corrected chi connectivity index (χ1v) is 10.5. The normalized spacial score (nSPS) is 10.6. The molecule has 34 heavy (non-hydrogen) atoms.